The van der Waals surface area contributed by atoms with E-state index in [0.29, 0.717) is 12.2 Å². The van der Waals surface area contributed by atoms with Gasteiger partial charge >= 0.3 is 0 Å². The molecule has 2 aromatic heterocycles. The fourth-order valence-electron chi connectivity index (χ4n) is 1.67. The molecule has 2 aromatic rings. The smallest absolute Gasteiger partial charge is 0.250 e. The van der Waals surface area contributed by atoms with Crippen molar-refractivity contribution < 1.29 is 0 Å². The summed E-state index contributed by atoms with van der Waals surface area (Å²) in [5, 5.41) is 2.03. The zero-order valence-electron chi connectivity index (χ0n) is 10.2. The van der Waals surface area contributed by atoms with Crippen molar-refractivity contribution in [3.63, 3.8) is 0 Å². The zero-order valence-corrected chi connectivity index (χ0v) is 11.1. The average Bonchev–Trinajstić information content (AvgIpc) is 2.83. The van der Waals surface area contributed by atoms with Crippen molar-refractivity contribution in [1.82, 2.24) is 14.5 Å². The third-order valence-electron chi connectivity index (χ3n) is 2.64. The minimum Gasteiger partial charge on any atom is -0.398 e. The summed E-state index contributed by atoms with van der Waals surface area (Å²) in [6.45, 7) is 2.20. The van der Waals surface area contributed by atoms with E-state index in [4.69, 9.17) is 5.73 Å². The van der Waals surface area contributed by atoms with Crippen LogP contribution in [0, 0.1) is 0 Å². The van der Waals surface area contributed by atoms with E-state index in [0.717, 1.165) is 18.8 Å². The van der Waals surface area contributed by atoms with Crippen LogP contribution in [0.4, 0.5) is 5.69 Å². The molecular formula is C12H16N4OS. The molecule has 0 bridgehead atoms. The molecule has 0 saturated heterocycles. The fraction of sp³-hybridized carbons (Fsp3) is 0.333. The topological polar surface area (TPSA) is 64.2 Å². The molecule has 5 nitrogen and oxygen atoms in total. The number of anilines is 1. The van der Waals surface area contributed by atoms with Crippen LogP contribution in [0.15, 0.2) is 34.0 Å². The quantitative estimate of drug-likeness (QED) is 0.875. The molecule has 0 aliphatic heterocycles. The fourth-order valence-corrected chi connectivity index (χ4v) is 2.22. The first-order valence-electron chi connectivity index (χ1n) is 5.67. The van der Waals surface area contributed by atoms with Gasteiger partial charge in [0.05, 0.1) is 11.2 Å². The van der Waals surface area contributed by atoms with Gasteiger partial charge in [-0.25, -0.2) is 4.98 Å². The Morgan fingerprint density at radius 2 is 2.33 bits per heavy atom. The number of pyridine rings is 1. The Labute approximate surface area is 109 Å². The van der Waals surface area contributed by atoms with Crippen LogP contribution in [0.25, 0.3) is 0 Å². The van der Waals surface area contributed by atoms with Crippen LogP contribution in [-0.2, 0) is 13.1 Å². The maximum Gasteiger partial charge on any atom is 0.250 e. The molecule has 0 fully saturated rings. The summed E-state index contributed by atoms with van der Waals surface area (Å²) in [7, 11) is 2.01. The summed E-state index contributed by atoms with van der Waals surface area (Å²) in [6.07, 6.45) is 1.68. The van der Waals surface area contributed by atoms with Gasteiger partial charge in [-0.3, -0.25) is 9.69 Å². The van der Waals surface area contributed by atoms with Crippen LogP contribution < -0.4 is 11.3 Å². The average molecular weight is 264 g/mol. The molecule has 2 rings (SSSR count). The Morgan fingerprint density at radius 3 is 3.06 bits per heavy atom. The second kappa shape index (κ2) is 5.79. The first-order valence-corrected chi connectivity index (χ1v) is 6.61. The van der Waals surface area contributed by atoms with Crippen LogP contribution in [0.3, 0.4) is 0 Å². The number of nitrogens with zero attached hydrogens (tertiary/aromatic N) is 3. The number of hydrogen-bond acceptors (Lipinski definition) is 5. The summed E-state index contributed by atoms with van der Waals surface area (Å²) < 4.78 is 1.63. The number of likely N-dealkylation sites (N-methyl/N-ethyl adjacent to an activating group) is 1. The number of nitrogens with two attached hydrogens (primary N) is 1. The van der Waals surface area contributed by atoms with E-state index in [1.165, 1.54) is 6.07 Å². The van der Waals surface area contributed by atoms with E-state index in [1.54, 1.807) is 28.2 Å². The third-order valence-corrected chi connectivity index (χ3v) is 3.28. The predicted molar refractivity (Wildman–Crippen MR) is 73.6 cm³/mol. The van der Waals surface area contributed by atoms with Crippen molar-refractivity contribution in [2.24, 2.45) is 0 Å². The molecule has 96 valence electrons. The van der Waals surface area contributed by atoms with Crippen LogP contribution in [-0.4, -0.2) is 28.0 Å². The Hall–Kier alpha value is -1.66. The van der Waals surface area contributed by atoms with E-state index in [2.05, 4.69) is 9.88 Å². The molecule has 0 radical (unpaired) electrons. The van der Waals surface area contributed by atoms with E-state index in [-0.39, 0.29) is 5.56 Å². The highest BCUT2D eigenvalue weighted by Crippen LogP contribution is 2.04. The number of aromatic nitrogens is 2. The summed E-state index contributed by atoms with van der Waals surface area (Å²) >= 11 is 1.59. The van der Waals surface area contributed by atoms with Gasteiger partial charge in [0, 0.05) is 43.0 Å². The molecule has 0 amide bonds. The Balaban J connectivity index is 1.91. The van der Waals surface area contributed by atoms with Gasteiger partial charge in [0.15, 0.2) is 0 Å². The summed E-state index contributed by atoms with van der Waals surface area (Å²) in [5.41, 5.74) is 9.13. The van der Waals surface area contributed by atoms with Crippen molar-refractivity contribution in [2.45, 2.75) is 13.1 Å². The Morgan fingerprint density at radius 1 is 1.50 bits per heavy atom. The SMILES string of the molecule is CN(CCn1cc(N)ccc1=O)Cc1cscn1. The lowest BCUT2D eigenvalue weighted by atomic mass is 10.4. The molecule has 0 unspecified atom stereocenters. The second-order valence-corrected chi connectivity index (χ2v) is 4.93. The number of nitrogen functional groups attached to an aromatic ring is 1. The number of thiazole rings is 1. The summed E-state index contributed by atoms with van der Waals surface area (Å²) in [5.74, 6) is 0. The first-order chi connectivity index (χ1) is 8.65. The minimum atomic E-state index is -0.0220. The van der Waals surface area contributed by atoms with Crippen molar-refractivity contribution in [2.75, 3.05) is 19.3 Å². The Kier molecular flexibility index (Phi) is 4.11. The van der Waals surface area contributed by atoms with Gasteiger partial charge in [0.2, 0.25) is 0 Å². The van der Waals surface area contributed by atoms with Gasteiger partial charge in [-0.1, -0.05) is 0 Å². The van der Waals surface area contributed by atoms with E-state index in [9.17, 15) is 4.79 Å². The van der Waals surface area contributed by atoms with Crippen molar-refractivity contribution in [1.29, 1.82) is 0 Å². The molecule has 0 atom stereocenters. The van der Waals surface area contributed by atoms with E-state index >= 15 is 0 Å². The van der Waals surface area contributed by atoms with Crippen LogP contribution in [0.5, 0.6) is 0 Å². The van der Waals surface area contributed by atoms with Crippen LogP contribution in [0.1, 0.15) is 5.69 Å². The Bertz CT molecular complexity index is 549. The lowest BCUT2D eigenvalue weighted by Gasteiger charge is -2.16. The molecular weight excluding hydrogens is 248 g/mol. The molecule has 0 aliphatic carbocycles. The van der Waals surface area contributed by atoms with E-state index < -0.39 is 0 Å². The first kappa shape index (κ1) is 12.8. The summed E-state index contributed by atoms with van der Waals surface area (Å²) in [4.78, 5) is 17.9. The number of hydrogen-bond donors (Lipinski definition) is 1. The summed E-state index contributed by atoms with van der Waals surface area (Å²) in [6, 6.07) is 3.12. The highest BCUT2D eigenvalue weighted by atomic mass is 32.1. The van der Waals surface area contributed by atoms with E-state index in [1.807, 2.05) is 17.9 Å². The normalized spacial score (nSPS) is 11.0. The van der Waals surface area contributed by atoms with Gasteiger partial charge in [-0.05, 0) is 13.1 Å². The third kappa shape index (κ3) is 3.41. The van der Waals surface area contributed by atoms with Crippen molar-refractivity contribution >= 4 is 17.0 Å². The molecule has 18 heavy (non-hydrogen) atoms. The van der Waals surface area contributed by atoms with Gasteiger partial charge < -0.3 is 10.3 Å². The molecule has 0 saturated carbocycles. The zero-order chi connectivity index (χ0) is 13.0. The molecule has 0 aliphatic rings. The van der Waals surface area contributed by atoms with Gasteiger partial charge in [-0.15, -0.1) is 11.3 Å². The van der Waals surface area contributed by atoms with Crippen LogP contribution in [0.2, 0.25) is 0 Å². The van der Waals surface area contributed by atoms with Gasteiger partial charge in [0.25, 0.3) is 5.56 Å². The van der Waals surface area contributed by atoms with Gasteiger partial charge in [-0.2, -0.15) is 0 Å². The lowest BCUT2D eigenvalue weighted by Crippen LogP contribution is -2.28. The molecule has 0 spiro atoms. The van der Waals surface area contributed by atoms with Gasteiger partial charge in [0.1, 0.15) is 0 Å². The molecule has 6 heteroatoms. The van der Waals surface area contributed by atoms with Crippen molar-refractivity contribution in [3.05, 3.63) is 45.3 Å². The predicted octanol–water partition coefficient (Wildman–Crippen LogP) is 1.02. The standard InChI is InChI=1S/C12H16N4OS/c1-15(7-11-8-18-9-14-11)4-5-16-6-10(13)2-3-12(16)17/h2-3,6,8-9H,4-5,7,13H2,1H3. The molecule has 0 aromatic carbocycles. The van der Waals surface area contributed by atoms with Crippen molar-refractivity contribution in [3.8, 4) is 0 Å². The monoisotopic (exact) mass is 264 g/mol. The number of rotatable bonds is 5. The second-order valence-electron chi connectivity index (χ2n) is 4.21. The lowest BCUT2D eigenvalue weighted by molar-refractivity contribution is 0.307. The minimum absolute atomic E-state index is 0.0220. The highest BCUT2D eigenvalue weighted by molar-refractivity contribution is 7.07. The maximum absolute atomic E-state index is 11.6. The van der Waals surface area contributed by atoms with Crippen LogP contribution >= 0.6 is 11.3 Å². The molecule has 2 heterocycles. The largest absolute Gasteiger partial charge is 0.398 e. The highest BCUT2D eigenvalue weighted by Gasteiger charge is 2.03. The molecule has 2 N–H and O–H groups in total. The maximum atomic E-state index is 11.6.